The van der Waals surface area contributed by atoms with Gasteiger partial charge in [-0.15, -0.1) is 0 Å². The van der Waals surface area contributed by atoms with Crippen LogP contribution in [-0.4, -0.2) is 23.3 Å². The van der Waals surface area contributed by atoms with Gasteiger partial charge in [0.1, 0.15) is 11.5 Å². The highest BCUT2D eigenvalue weighted by molar-refractivity contribution is 5.95. The lowest BCUT2D eigenvalue weighted by molar-refractivity contribution is -0.137. The van der Waals surface area contributed by atoms with E-state index in [0.717, 1.165) is 12.1 Å². The Hall–Kier alpha value is -3.49. The Morgan fingerprint density at radius 3 is 2.52 bits per heavy atom. The SMILES string of the molecule is Cc1occc1C(=O)N(CCC(=O)NCc1cccc(C(F)(F)F)c1)Cc1ccco1. The van der Waals surface area contributed by atoms with E-state index in [1.807, 2.05) is 0 Å². The summed E-state index contributed by atoms with van der Waals surface area (Å²) in [6.45, 7) is 1.88. The Bertz CT molecular complexity index is 1030. The number of carbonyl (C=O) groups is 2. The molecular weight excluding hydrogens is 413 g/mol. The number of nitrogens with zero attached hydrogens (tertiary/aromatic N) is 1. The maximum absolute atomic E-state index is 12.9. The molecule has 0 aliphatic carbocycles. The number of nitrogens with one attached hydrogen (secondary N) is 1. The summed E-state index contributed by atoms with van der Waals surface area (Å²) >= 11 is 0. The molecule has 2 heterocycles. The number of benzene rings is 1. The van der Waals surface area contributed by atoms with Crippen LogP contribution in [0.4, 0.5) is 13.2 Å². The zero-order valence-corrected chi connectivity index (χ0v) is 16.7. The minimum atomic E-state index is -4.45. The number of aryl methyl sites for hydroxylation is 1. The first-order chi connectivity index (χ1) is 14.7. The van der Waals surface area contributed by atoms with Gasteiger partial charge in [-0.05, 0) is 42.8 Å². The molecule has 0 bridgehead atoms. The smallest absolute Gasteiger partial charge is 0.416 e. The van der Waals surface area contributed by atoms with Crippen molar-refractivity contribution in [3.8, 4) is 0 Å². The average molecular weight is 434 g/mol. The summed E-state index contributed by atoms with van der Waals surface area (Å²) in [5.74, 6) is 0.314. The van der Waals surface area contributed by atoms with E-state index in [4.69, 9.17) is 8.83 Å². The first-order valence-electron chi connectivity index (χ1n) is 9.52. The van der Waals surface area contributed by atoms with Gasteiger partial charge in [0.15, 0.2) is 0 Å². The van der Waals surface area contributed by atoms with Crippen LogP contribution < -0.4 is 5.32 Å². The Morgan fingerprint density at radius 1 is 1.06 bits per heavy atom. The van der Waals surface area contributed by atoms with Crippen molar-refractivity contribution in [2.24, 2.45) is 0 Å². The molecule has 0 saturated carbocycles. The molecule has 0 aliphatic rings. The van der Waals surface area contributed by atoms with Crippen molar-refractivity contribution in [3.05, 3.63) is 83.2 Å². The average Bonchev–Trinajstić information content (AvgIpc) is 3.40. The molecule has 0 aliphatic heterocycles. The number of hydrogen-bond acceptors (Lipinski definition) is 4. The second-order valence-electron chi connectivity index (χ2n) is 6.92. The van der Waals surface area contributed by atoms with E-state index in [-0.39, 0.29) is 32.0 Å². The van der Waals surface area contributed by atoms with Gasteiger partial charge in [0.25, 0.3) is 5.91 Å². The number of halogens is 3. The fourth-order valence-electron chi connectivity index (χ4n) is 3.00. The van der Waals surface area contributed by atoms with Crippen LogP contribution in [0.5, 0.6) is 0 Å². The molecule has 0 spiro atoms. The third-order valence-corrected chi connectivity index (χ3v) is 4.66. The first-order valence-corrected chi connectivity index (χ1v) is 9.52. The van der Waals surface area contributed by atoms with Crippen LogP contribution >= 0.6 is 0 Å². The van der Waals surface area contributed by atoms with Gasteiger partial charge in [-0.25, -0.2) is 0 Å². The van der Waals surface area contributed by atoms with E-state index < -0.39 is 17.6 Å². The fourth-order valence-corrected chi connectivity index (χ4v) is 3.00. The lowest BCUT2D eigenvalue weighted by Crippen LogP contribution is -2.35. The van der Waals surface area contributed by atoms with Gasteiger partial charge in [-0.2, -0.15) is 13.2 Å². The predicted molar refractivity (Wildman–Crippen MR) is 105 cm³/mol. The quantitative estimate of drug-likeness (QED) is 0.565. The Balaban J connectivity index is 1.60. The largest absolute Gasteiger partial charge is 0.469 e. The summed E-state index contributed by atoms with van der Waals surface area (Å²) in [4.78, 5) is 26.6. The van der Waals surface area contributed by atoms with Crippen molar-refractivity contribution in [3.63, 3.8) is 0 Å². The highest BCUT2D eigenvalue weighted by atomic mass is 19.4. The molecule has 3 aromatic rings. The monoisotopic (exact) mass is 434 g/mol. The molecule has 31 heavy (non-hydrogen) atoms. The highest BCUT2D eigenvalue weighted by Crippen LogP contribution is 2.29. The molecule has 0 radical (unpaired) electrons. The molecule has 1 N–H and O–H groups in total. The fraction of sp³-hybridized carbons (Fsp3) is 0.273. The number of furan rings is 2. The van der Waals surface area contributed by atoms with Gasteiger partial charge < -0.3 is 19.1 Å². The van der Waals surface area contributed by atoms with Gasteiger partial charge in [-0.1, -0.05) is 12.1 Å². The standard InChI is InChI=1S/C22H21F3N2O4/c1-15-19(8-11-30-15)21(29)27(14-18-6-3-10-31-18)9-7-20(28)26-13-16-4-2-5-17(12-16)22(23,24)25/h2-6,8,10-12H,7,9,13-14H2,1H3,(H,26,28). The summed E-state index contributed by atoms with van der Waals surface area (Å²) in [7, 11) is 0. The Labute approximate surface area is 176 Å². The number of amides is 2. The van der Waals surface area contributed by atoms with Crippen LogP contribution in [0.2, 0.25) is 0 Å². The van der Waals surface area contributed by atoms with Crippen LogP contribution in [0.25, 0.3) is 0 Å². The first kappa shape index (κ1) is 22.2. The molecular formula is C22H21F3N2O4. The minimum absolute atomic E-state index is 0.0255. The second kappa shape index (κ2) is 9.55. The molecule has 3 rings (SSSR count). The molecule has 0 saturated heterocycles. The summed E-state index contributed by atoms with van der Waals surface area (Å²) in [6.07, 6.45) is -1.57. The van der Waals surface area contributed by atoms with Crippen molar-refractivity contribution in [1.29, 1.82) is 0 Å². The van der Waals surface area contributed by atoms with E-state index in [1.54, 1.807) is 25.1 Å². The normalized spacial score (nSPS) is 11.4. The van der Waals surface area contributed by atoms with Gasteiger partial charge in [0, 0.05) is 19.5 Å². The molecule has 0 atom stereocenters. The van der Waals surface area contributed by atoms with Crippen LogP contribution in [0.1, 0.15) is 39.4 Å². The van der Waals surface area contributed by atoms with Crippen molar-refractivity contribution >= 4 is 11.8 Å². The number of carbonyl (C=O) groups excluding carboxylic acids is 2. The summed E-state index contributed by atoms with van der Waals surface area (Å²) in [5.41, 5.74) is -0.0541. The lowest BCUT2D eigenvalue weighted by Gasteiger charge is -2.21. The van der Waals surface area contributed by atoms with E-state index in [2.05, 4.69) is 5.32 Å². The van der Waals surface area contributed by atoms with Gasteiger partial charge >= 0.3 is 6.18 Å². The van der Waals surface area contributed by atoms with Crippen LogP contribution in [0, 0.1) is 6.92 Å². The second-order valence-corrected chi connectivity index (χ2v) is 6.92. The van der Waals surface area contributed by atoms with Gasteiger partial charge in [0.2, 0.25) is 5.91 Å². The van der Waals surface area contributed by atoms with Gasteiger partial charge in [-0.3, -0.25) is 9.59 Å². The van der Waals surface area contributed by atoms with Crippen LogP contribution in [0.15, 0.2) is 63.8 Å². The molecule has 9 heteroatoms. The molecule has 0 unspecified atom stereocenters. The van der Waals surface area contributed by atoms with Gasteiger partial charge in [0.05, 0.1) is 30.2 Å². The molecule has 6 nitrogen and oxygen atoms in total. The molecule has 2 aromatic heterocycles. The maximum Gasteiger partial charge on any atom is 0.416 e. The van der Waals surface area contributed by atoms with Crippen LogP contribution in [-0.2, 0) is 24.1 Å². The van der Waals surface area contributed by atoms with E-state index in [0.29, 0.717) is 22.6 Å². The molecule has 2 amide bonds. The van der Waals surface area contributed by atoms with E-state index in [1.165, 1.54) is 29.6 Å². The number of hydrogen-bond donors (Lipinski definition) is 1. The van der Waals surface area contributed by atoms with E-state index in [9.17, 15) is 22.8 Å². The molecule has 1 aromatic carbocycles. The lowest BCUT2D eigenvalue weighted by atomic mass is 10.1. The van der Waals surface area contributed by atoms with Crippen molar-refractivity contribution in [2.45, 2.75) is 32.6 Å². The van der Waals surface area contributed by atoms with Crippen LogP contribution in [0.3, 0.4) is 0 Å². The van der Waals surface area contributed by atoms with E-state index >= 15 is 0 Å². The summed E-state index contributed by atoms with van der Waals surface area (Å²) in [5, 5.41) is 2.59. The third-order valence-electron chi connectivity index (χ3n) is 4.66. The summed E-state index contributed by atoms with van der Waals surface area (Å²) < 4.78 is 48.9. The molecule has 164 valence electrons. The highest BCUT2D eigenvalue weighted by Gasteiger charge is 2.30. The summed E-state index contributed by atoms with van der Waals surface area (Å²) in [6, 6.07) is 9.74. The number of alkyl halides is 3. The Kier molecular flexibility index (Phi) is 6.84. The van der Waals surface area contributed by atoms with Crippen molar-refractivity contribution < 1.29 is 31.6 Å². The maximum atomic E-state index is 12.9. The topological polar surface area (TPSA) is 75.7 Å². The zero-order valence-electron chi connectivity index (χ0n) is 16.7. The predicted octanol–water partition coefficient (Wildman–Crippen LogP) is 4.55. The van der Waals surface area contributed by atoms with Crippen molar-refractivity contribution in [2.75, 3.05) is 6.54 Å². The van der Waals surface area contributed by atoms with Crippen molar-refractivity contribution in [1.82, 2.24) is 10.2 Å². The third kappa shape index (κ3) is 6.00. The molecule has 0 fully saturated rings. The zero-order chi connectivity index (χ0) is 22.4. The Morgan fingerprint density at radius 2 is 1.87 bits per heavy atom. The number of rotatable bonds is 8. The minimum Gasteiger partial charge on any atom is -0.469 e.